The van der Waals surface area contributed by atoms with Gasteiger partial charge in [0.05, 0.1) is 0 Å². The highest BCUT2D eigenvalue weighted by Gasteiger charge is 2.05. The number of amides is 1. The maximum absolute atomic E-state index is 12.0. The maximum Gasteiger partial charge on any atom is 0.246 e. The second-order valence-electron chi connectivity index (χ2n) is 4.53. The Labute approximate surface area is 124 Å². The molecule has 2 nitrogen and oxygen atoms in total. The summed E-state index contributed by atoms with van der Waals surface area (Å²) in [5.41, 5.74) is 1.95. The van der Waals surface area contributed by atoms with Gasteiger partial charge >= 0.3 is 0 Å². The van der Waals surface area contributed by atoms with Crippen molar-refractivity contribution in [1.29, 1.82) is 0 Å². The number of carbonyl (C=O) groups is 1. The Morgan fingerprint density at radius 3 is 2.45 bits per heavy atom. The van der Waals surface area contributed by atoms with E-state index in [2.05, 4.69) is 0 Å². The molecule has 2 aromatic carbocycles. The van der Waals surface area contributed by atoms with E-state index >= 15 is 0 Å². The predicted molar refractivity (Wildman–Crippen MR) is 83.4 cm³/mol. The molecular weight excluding hydrogens is 270 g/mol. The van der Waals surface area contributed by atoms with E-state index in [4.69, 9.17) is 11.6 Å². The Morgan fingerprint density at radius 1 is 1.10 bits per heavy atom. The average molecular weight is 286 g/mol. The summed E-state index contributed by atoms with van der Waals surface area (Å²) in [5, 5.41) is 0.641. The van der Waals surface area contributed by atoms with Crippen molar-refractivity contribution < 1.29 is 4.79 Å². The van der Waals surface area contributed by atoms with E-state index in [1.807, 2.05) is 48.5 Å². The molecule has 2 aromatic rings. The van der Waals surface area contributed by atoms with Gasteiger partial charge in [0.15, 0.2) is 0 Å². The lowest BCUT2D eigenvalue weighted by atomic mass is 10.2. The summed E-state index contributed by atoms with van der Waals surface area (Å²) in [6.07, 6.45) is 3.29. The summed E-state index contributed by atoms with van der Waals surface area (Å²) in [7, 11) is 1.78. The highest BCUT2D eigenvalue weighted by molar-refractivity contribution is 6.32. The first-order valence-corrected chi connectivity index (χ1v) is 6.76. The van der Waals surface area contributed by atoms with Crippen LogP contribution < -0.4 is 0 Å². The lowest BCUT2D eigenvalue weighted by Crippen LogP contribution is -2.24. The van der Waals surface area contributed by atoms with Gasteiger partial charge in [0.25, 0.3) is 0 Å². The molecule has 0 unspecified atom stereocenters. The van der Waals surface area contributed by atoms with Gasteiger partial charge in [0.2, 0.25) is 5.91 Å². The monoisotopic (exact) mass is 285 g/mol. The van der Waals surface area contributed by atoms with Crippen LogP contribution >= 0.6 is 11.6 Å². The minimum atomic E-state index is -0.0474. The van der Waals surface area contributed by atoms with Crippen molar-refractivity contribution >= 4 is 23.6 Å². The maximum atomic E-state index is 12.0. The predicted octanol–water partition coefficient (Wildman–Crippen LogP) is 4.01. The van der Waals surface area contributed by atoms with Gasteiger partial charge in [-0.25, -0.2) is 0 Å². The summed E-state index contributed by atoms with van der Waals surface area (Å²) in [6, 6.07) is 17.3. The van der Waals surface area contributed by atoms with E-state index in [0.717, 1.165) is 11.1 Å². The molecule has 102 valence electrons. The zero-order valence-corrected chi connectivity index (χ0v) is 12.0. The summed E-state index contributed by atoms with van der Waals surface area (Å²) >= 11 is 6.04. The largest absolute Gasteiger partial charge is 0.338 e. The van der Waals surface area contributed by atoms with Crippen LogP contribution in [0.3, 0.4) is 0 Å². The van der Waals surface area contributed by atoms with E-state index in [1.54, 1.807) is 30.2 Å². The van der Waals surface area contributed by atoms with Crippen LogP contribution in [0.2, 0.25) is 5.02 Å². The number of nitrogens with zero attached hydrogens (tertiary/aromatic N) is 1. The van der Waals surface area contributed by atoms with Crippen molar-refractivity contribution in [2.45, 2.75) is 6.54 Å². The quantitative estimate of drug-likeness (QED) is 0.777. The SMILES string of the molecule is CN(Cc1ccccc1)C(=O)/C=C/c1ccccc1Cl. The number of rotatable bonds is 4. The Bertz CT molecular complexity index is 607. The molecule has 0 fully saturated rings. The lowest BCUT2D eigenvalue weighted by Gasteiger charge is -2.15. The molecule has 0 spiro atoms. The van der Waals surface area contributed by atoms with Gasteiger partial charge < -0.3 is 4.90 Å². The van der Waals surface area contributed by atoms with Gasteiger partial charge in [-0.05, 0) is 23.3 Å². The molecule has 0 atom stereocenters. The van der Waals surface area contributed by atoms with Gasteiger partial charge in [-0.3, -0.25) is 4.79 Å². The highest BCUT2D eigenvalue weighted by Crippen LogP contribution is 2.16. The number of carbonyl (C=O) groups excluding carboxylic acids is 1. The van der Waals surface area contributed by atoms with Crippen molar-refractivity contribution in [3.05, 3.63) is 76.8 Å². The summed E-state index contributed by atoms with van der Waals surface area (Å²) in [6.45, 7) is 0.590. The molecule has 0 aliphatic heterocycles. The number of hydrogen-bond donors (Lipinski definition) is 0. The fourth-order valence-electron chi connectivity index (χ4n) is 1.83. The highest BCUT2D eigenvalue weighted by atomic mass is 35.5. The van der Waals surface area contributed by atoms with Crippen molar-refractivity contribution in [1.82, 2.24) is 4.90 Å². The molecule has 3 heteroatoms. The van der Waals surface area contributed by atoms with Crippen LogP contribution in [0.4, 0.5) is 0 Å². The van der Waals surface area contributed by atoms with Gasteiger partial charge in [-0.2, -0.15) is 0 Å². The summed E-state index contributed by atoms with van der Waals surface area (Å²) in [4.78, 5) is 13.7. The molecule has 0 N–H and O–H groups in total. The number of hydrogen-bond acceptors (Lipinski definition) is 1. The summed E-state index contributed by atoms with van der Waals surface area (Å²) in [5.74, 6) is -0.0474. The third-order valence-electron chi connectivity index (χ3n) is 2.95. The third kappa shape index (κ3) is 3.97. The fourth-order valence-corrected chi connectivity index (χ4v) is 2.03. The third-order valence-corrected chi connectivity index (χ3v) is 3.29. The molecule has 2 rings (SSSR count). The molecule has 1 amide bonds. The van der Waals surface area contributed by atoms with E-state index in [0.29, 0.717) is 11.6 Å². The molecule has 0 bridgehead atoms. The number of halogens is 1. The molecule has 0 radical (unpaired) electrons. The second-order valence-corrected chi connectivity index (χ2v) is 4.94. The summed E-state index contributed by atoms with van der Waals surface area (Å²) < 4.78 is 0. The van der Waals surface area contributed by atoms with E-state index in [1.165, 1.54) is 0 Å². The topological polar surface area (TPSA) is 20.3 Å². The van der Waals surface area contributed by atoms with Crippen molar-refractivity contribution in [3.8, 4) is 0 Å². The molecule has 0 aliphatic rings. The van der Waals surface area contributed by atoms with Crippen LogP contribution in [0.1, 0.15) is 11.1 Å². The van der Waals surface area contributed by atoms with E-state index in [-0.39, 0.29) is 5.91 Å². The van der Waals surface area contributed by atoms with Crippen LogP contribution in [0.25, 0.3) is 6.08 Å². The molecule has 0 heterocycles. The zero-order valence-electron chi connectivity index (χ0n) is 11.3. The first kappa shape index (κ1) is 14.4. The zero-order chi connectivity index (χ0) is 14.4. The number of likely N-dealkylation sites (N-methyl/N-ethyl adjacent to an activating group) is 1. The molecule has 0 saturated carbocycles. The molecular formula is C17H16ClNO. The van der Waals surface area contributed by atoms with E-state index < -0.39 is 0 Å². The standard InChI is InChI=1S/C17H16ClNO/c1-19(13-14-7-3-2-4-8-14)17(20)12-11-15-9-5-6-10-16(15)18/h2-12H,13H2,1H3/b12-11+. The van der Waals surface area contributed by atoms with E-state index in [9.17, 15) is 4.79 Å². The van der Waals surface area contributed by atoms with Gasteiger partial charge in [-0.1, -0.05) is 60.1 Å². The van der Waals surface area contributed by atoms with Crippen LogP contribution in [-0.2, 0) is 11.3 Å². The van der Waals surface area contributed by atoms with Crippen LogP contribution in [0.5, 0.6) is 0 Å². The smallest absolute Gasteiger partial charge is 0.246 e. The minimum absolute atomic E-state index is 0.0474. The molecule has 0 saturated heterocycles. The van der Waals surface area contributed by atoms with Crippen LogP contribution in [-0.4, -0.2) is 17.9 Å². The number of benzene rings is 2. The van der Waals surface area contributed by atoms with Gasteiger partial charge in [-0.15, -0.1) is 0 Å². The van der Waals surface area contributed by atoms with Gasteiger partial charge in [0, 0.05) is 24.7 Å². The normalized spacial score (nSPS) is 10.7. The van der Waals surface area contributed by atoms with Crippen LogP contribution in [0.15, 0.2) is 60.7 Å². The first-order chi connectivity index (χ1) is 9.66. The van der Waals surface area contributed by atoms with Crippen molar-refractivity contribution in [2.75, 3.05) is 7.05 Å². The lowest BCUT2D eigenvalue weighted by molar-refractivity contribution is -0.125. The van der Waals surface area contributed by atoms with Crippen molar-refractivity contribution in [2.24, 2.45) is 0 Å². The molecule has 20 heavy (non-hydrogen) atoms. The first-order valence-electron chi connectivity index (χ1n) is 6.38. The fraction of sp³-hybridized carbons (Fsp3) is 0.118. The molecule has 0 aromatic heterocycles. The van der Waals surface area contributed by atoms with Crippen molar-refractivity contribution in [3.63, 3.8) is 0 Å². The minimum Gasteiger partial charge on any atom is -0.338 e. The van der Waals surface area contributed by atoms with Crippen LogP contribution in [0, 0.1) is 0 Å². The Morgan fingerprint density at radius 2 is 1.75 bits per heavy atom. The van der Waals surface area contributed by atoms with Gasteiger partial charge in [0.1, 0.15) is 0 Å². The Hall–Kier alpha value is -2.06. The second kappa shape index (κ2) is 6.92. The molecule has 0 aliphatic carbocycles. The Kier molecular flexibility index (Phi) is 4.97. The average Bonchev–Trinajstić information content (AvgIpc) is 2.47. The Balaban J connectivity index is 1.99.